The molecule has 0 N–H and O–H groups in total. The van der Waals surface area contributed by atoms with Crippen LogP contribution in [0.4, 0.5) is 5.69 Å². The smallest absolute Gasteiger partial charge is 0.228 e. The Hall–Kier alpha value is -3.32. The predicted molar refractivity (Wildman–Crippen MR) is 128 cm³/mol. The second kappa shape index (κ2) is 10.5. The molecule has 1 heterocycles. The van der Waals surface area contributed by atoms with Gasteiger partial charge in [0.2, 0.25) is 5.91 Å². The number of hydrogen-bond donors (Lipinski definition) is 0. The molecule has 7 heteroatoms. The summed E-state index contributed by atoms with van der Waals surface area (Å²) in [4.78, 5) is 15.1. The molecule has 6 nitrogen and oxygen atoms in total. The van der Waals surface area contributed by atoms with Crippen molar-refractivity contribution in [3.05, 3.63) is 84.4 Å². The average molecular weight is 466 g/mol. The Bertz CT molecular complexity index is 1180. The lowest BCUT2D eigenvalue weighted by Gasteiger charge is -2.25. The maximum Gasteiger partial charge on any atom is 0.228 e. The maximum absolute atomic E-state index is 13.2. The van der Waals surface area contributed by atoms with Crippen molar-refractivity contribution in [2.24, 2.45) is 0 Å². The Balaban J connectivity index is 1.49. The highest BCUT2D eigenvalue weighted by Gasteiger charge is 2.22. The largest absolute Gasteiger partial charge is 0.486 e. The van der Waals surface area contributed by atoms with Crippen LogP contribution in [0.25, 0.3) is 0 Å². The Morgan fingerprint density at radius 3 is 2.24 bits per heavy atom. The van der Waals surface area contributed by atoms with Crippen LogP contribution in [0.1, 0.15) is 18.4 Å². The van der Waals surface area contributed by atoms with Crippen LogP contribution in [-0.4, -0.2) is 39.8 Å². The third kappa shape index (κ3) is 5.93. The highest BCUT2D eigenvalue weighted by Crippen LogP contribution is 2.34. The summed E-state index contributed by atoms with van der Waals surface area (Å²) >= 11 is 0. The second-order valence-electron chi connectivity index (χ2n) is 7.84. The SMILES string of the molecule is O=C(CCS(=O)(=O)c1ccccc1)N(CCCc1ccccc1)c1ccc2c(c1)OCCO2. The number of ether oxygens (including phenoxy) is 2. The van der Waals surface area contributed by atoms with E-state index in [1.165, 1.54) is 5.56 Å². The monoisotopic (exact) mass is 465 g/mol. The van der Waals surface area contributed by atoms with Gasteiger partial charge >= 0.3 is 0 Å². The molecule has 0 aliphatic carbocycles. The molecule has 1 aliphatic rings. The van der Waals surface area contributed by atoms with Gasteiger partial charge < -0.3 is 14.4 Å². The highest BCUT2D eigenvalue weighted by molar-refractivity contribution is 7.91. The predicted octanol–water partition coefficient (Wildman–Crippen LogP) is 4.29. The van der Waals surface area contributed by atoms with Crippen LogP contribution < -0.4 is 14.4 Å². The summed E-state index contributed by atoms with van der Waals surface area (Å²) in [5.74, 6) is 0.763. The van der Waals surface area contributed by atoms with Gasteiger partial charge in [0.25, 0.3) is 0 Å². The van der Waals surface area contributed by atoms with E-state index >= 15 is 0 Å². The van der Waals surface area contributed by atoms with Gasteiger partial charge in [0.05, 0.1) is 10.6 Å². The fourth-order valence-electron chi connectivity index (χ4n) is 3.79. The van der Waals surface area contributed by atoms with E-state index in [2.05, 4.69) is 12.1 Å². The zero-order valence-corrected chi connectivity index (χ0v) is 19.2. The number of fused-ring (bicyclic) bond motifs is 1. The van der Waals surface area contributed by atoms with E-state index in [0.717, 1.165) is 12.8 Å². The first-order chi connectivity index (χ1) is 16.0. The summed E-state index contributed by atoms with van der Waals surface area (Å²) in [7, 11) is -3.54. The number of anilines is 1. The minimum atomic E-state index is -3.54. The first kappa shape index (κ1) is 22.9. The van der Waals surface area contributed by atoms with Crippen molar-refractivity contribution in [3.8, 4) is 11.5 Å². The zero-order chi connectivity index (χ0) is 23.1. The van der Waals surface area contributed by atoms with Crippen LogP contribution in [0.15, 0.2) is 83.8 Å². The Morgan fingerprint density at radius 2 is 1.52 bits per heavy atom. The summed E-state index contributed by atoms with van der Waals surface area (Å²) in [6.45, 7) is 1.41. The summed E-state index contributed by atoms with van der Waals surface area (Å²) < 4.78 is 36.6. The number of amides is 1. The summed E-state index contributed by atoms with van der Waals surface area (Å²) in [5.41, 5.74) is 1.87. The standard InChI is InChI=1S/C26H27NO5S/c28-26(15-19-33(29,30)23-11-5-2-6-12-23)27(16-7-10-21-8-3-1-4-9-21)22-13-14-24-25(20-22)32-18-17-31-24/h1-6,8-9,11-14,20H,7,10,15-19H2. The topological polar surface area (TPSA) is 72.9 Å². The lowest BCUT2D eigenvalue weighted by molar-refractivity contribution is -0.118. The van der Waals surface area contributed by atoms with Crippen molar-refractivity contribution in [2.45, 2.75) is 24.2 Å². The number of rotatable bonds is 9. The van der Waals surface area contributed by atoms with E-state index in [1.807, 2.05) is 24.3 Å². The molecular weight excluding hydrogens is 438 g/mol. The zero-order valence-electron chi connectivity index (χ0n) is 18.4. The fourth-order valence-corrected chi connectivity index (χ4v) is 5.04. The quantitative estimate of drug-likeness (QED) is 0.471. The van der Waals surface area contributed by atoms with Crippen molar-refractivity contribution in [3.63, 3.8) is 0 Å². The summed E-state index contributed by atoms with van der Waals surface area (Å²) in [6.07, 6.45) is 1.46. The van der Waals surface area contributed by atoms with Gasteiger partial charge in [0.15, 0.2) is 21.3 Å². The van der Waals surface area contributed by atoms with Gasteiger partial charge in [0.1, 0.15) is 13.2 Å². The second-order valence-corrected chi connectivity index (χ2v) is 9.95. The minimum Gasteiger partial charge on any atom is -0.486 e. The molecule has 0 radical (unpaired) electrons. The molecule has 0 spiro atoms. The molecule has 33 heavy (non-hydrogen) atoms. The Labute approximate surface area is 194 Å². The first-order valence-corrected chi connectivity index (χ1v) is 12.7. The molecule has 1 amide bonds. The van der Waals surface area contributed by atoms with Gasteiger partial charge in [-0.3, -0.25) is 4.79 Å². The molecule has 0 atom stereocenters. The number of carbonyl (C=O) groups excluding carboxylic acids is 1. The first-order valence-electron chi connectivity index (χ1n) is 11.0. The highest BCUT2D eigenvalue weighted by atomic mass is 32.2. The van der Waals surface area contributed by atoms with Crippen molar-refractivity contribution in [2.75, 3.05) is 30.4 Å². The van der Waals surface area contributed by atoms with Crippen LogP contribution in [0, 0.1) is 0 Å². The molecule has 4 rings (SSSR count). The van der Waals surface area contributed by atoms with Crippen LogP contribution in [0.3, 0.4) is 0 Å². The molecule has 0 saturated carbocycles. The third-order valence-corrected chi connectivity index (χ3v) is 7.25. The molecule has 172 valence electrons. The van der Waals surface area contributed by atoms with E-state index in [0.29, 0.717) is 36.9 Å². The van der Waals surface area contributed by atoms with E-state index in [9.17, 15) is 13.2 Å². The fraction of sp³-hybridized carbons (Fsp3) is 0.269. The summed E-state index contributed by atoms with van der Waals surface area (Å²) in [6, 6.07) is 23.7. The van der Waals surface area contributed by atoms with Crippen LogP contribution in [-0.2, 0) is 21.1 Å². The third-order valence-electron chi connectivity index (χ3n) is 5.52. The van der Waals surface area contributed by atoms with E-state index in [4.69, 9.17) is 9.47 Å². The van der Waals surface area contributed by atoms with Crippen molar-refractivity contribution >= 4 is 21.4 Å². The van der Waals surface area contributed by atoms with Crippen molar-refractivity contribution < 1.29 is 22.7 Å². The van der Waals surface area contributed by atoms with Gasteiger partial charge in [-0.05, 0) is 42.7 Å². The molecule has 0 aromatic heterocycles. The number of benzene rings is 3. The molecule has 0 fully saturated rings. The molecule has 3 aromatic rings. The lowest BCUT2D eigenvalue weighted by Crippen LogP contribution is -2.33. The molecule has 3 aromatic carbocycles. The lowest BCUT2D eigenvalue weighted by atomic mass is 10.1. The number of hydrogen-bond acceptors (Lipinski definition) is 5. The number of sulfone groups is 1. The molecule has 0 saturated heterocycles. The maximum atomic E-state index is 13.2. The number of carbonyl (C=O) groups is 1. The number of nitrogens with zero attached hydrogens (tertiary/aromatic N) is 1. The van der Waals surface area contributed by atoms with Gasteiger partial charge in [-0.2, -0.15) is 0 Å². The van der Waals surface area contributed by atoms with Gasteiger partial charge in [-0.1, -0.05) is 48.5 Å². The van der Waals surface area contributed by atoms with Gasteiger partial charge in [-0.25, -0.2) is 8.42 Å². The van der Waals surface area contributed by atoms with Crippen LogP contribution >= 0.6 is 0 Å². The molecular formula is C26H27NO5S. The Kier molecular flexibility index (Phi) is 7.29. The van der Waals surface area contributed by atoms with E-state index < -0.39 is 9.84 Å². The van der Waals surface area contributed by atoms with Gasteiger partial charge in [0, 0.05) is 24.7 Å². The van der Waals surface area contributed by atoms with Crippen LogP contribution in [0.5, 0.6) is 11.5 Å². The van der Waals surface area contributed by atoms with Crippen molar-refractivity contribution in [1.82, 2.24) is 0 Å². The van der Waals surface area contributed by atoms with Crippen molar-refractivity contribution in [1.29, 1.82) is 0 Å². The van der Waals surface area contributed by atoms with Gasteiger partial charge in [-0.15, -0.1) is 0 Å². The normalized spacial score (nSPS) is 12.8. The molecule has 0 unspecified atom stereocenters. The van der Waals surface area contributed by atoms with E-state index in [-0.39, 0.29) is 23.0 Å². The number of aryl methyl sites for hydroxylation is 1. The summed E-state index contributed by atoms with van der Waals surface area (Å²) in [5, 5.41) is 0. The average Bonchev–Trinajstić information content (AvgIpc) is 2.86. The molecule has 0 bridgehead atoms. The van der Waals surface area contributed by atoms with Crippen LogP contribution in [0.2, 0.25) is 0 Å². The van der Waals surface area contributed by atoms with E-state index in [1.54, 1.807) is 47.4 Å². The molecule has 1 aliphatic heterocycles. The Morgan fingerprint density at radius 1 is 0.848 bits per heavy atom. The minimum absolute atomic E-state index is 0.100.